The van der Waals surface area contributed by atoms with Crippen molar-refractivity contribution in [3.05, 3.63) is 24.2 Å². The van der Waals surface area contributed by atoms with E-state index in [4.69, 9.17) is 4.74 Å². The second-order valence-electron chi connectivity index (χ2n) is 4.43. The average Bonchev–Trinajstić information content (AvgIpc) is 2.80. The zero-order valence-electron chi connectivity index (χ0n) is 11.3. The molecule has 19 heavy (non-hydrogen) atoms. The van der Waals surface area contributed by atoms with Gasteiger partial charge >= 0.3 is 0 Å². The Morgan fingerprint density at radius 3 is 3.00 bits per heavy atom. The van der Waals surface area contributed by atoms with Crippen LogP contribution < -0.4 is 4.74 Å². The van der Waals surface area contributed by atoms with E-state index in [1.807, 2.05) is 6.92 Å². The number of rotatable bonds is 5. The molecule has 0 saturated carbocycles. The molecule has 0 aliphatic rings. The number of ketones is 1. The Morgan fingerprint density at radius 2 is 2.32 bits per heavy atom. The second kappa shape index (κ2) is 5.65. The van der Waals surface area contributed by atoms with Crippen molar-refractivity contribution in [2.24, 2.45) is 0 Å². The lowest BCUT2D eigenvalue weighted by molar-refractivity contribution is -0.112. The minimum atomic E-state index is -0.00408. The fourth-order valence-electron chi connectivity index (χ4n) is 1.66. The van der Waals surface area contributed by atoms with Crippen LogP contribution in [0.1, 0.15) is 32.8 Å². The van der Waals surface area contributed by atoms with Crippen LogP contribution in [0.4, 0.5) is 0 Å². The van der Waals surface area contributed by atoms with Gasteiger partial charge in [0.25, 0.3) is 0 Å². The van der Waals surface area contributed by atoms with Gasteiger partial charge in [0, 0.05) is 11.8 Å². The van der Waals surface area contributed by atoms with Crippen LogP contribution in [-0.2, 0) is 4.79 Å². The van der Waals surface area contributed by atoms with E-state index in [2.05, 4.69) is 21.9 Å². The molecule has 0 aromatic carbocycles. The minimum absolute atomic E-state index is 0.00408. The van der Waals surface area contributed by atoms with Gasteiger partial charge in [-0.15, -0.1) is 0 Å². The molecule has 1 atom stereocenters. The first-order valence-electron chi connectivity index (χ1n) is 6.29. The summed E-state index contributed by atoms with van der Waals surface area (Å²) < 4.78 is 5.79. The smallest absolute Gasteiger partial charge is 0.226 e. The summed E-state index contributed by atoms with van der Waals surface area (Å²) in [6, 6.07) is 0. The molecule has 2 aromatic heterocycles. The normalized spacial score (nSPS) is 13.0. The quantitative estimate of drug-likeness (QED) is 0.838. The molecular formula is C14H17N3O2. The van der Waals surface area contributed by atoms with Crippen LogP contribution in [0.15, 0.2) is 18.6 Å². The lowest BCUT2D eigenvalue weighted by Gasteiger charge is -2.12. The summed E-state index contributed by atoms with van der Waals surface area (Å²) in [5, 5.41) is 0.806. The van der Waals surface area contributed by atoms with E-state index in [0.29, 0.717) is 11.5 Å². The highest BCUT2D eigenvalue weighted by Crippen LogP contribution is 2.27. The molecule has 0 amide bonds. The SMILES string of the molecule is CCC(C)Oc1ncnc2[nH]cc(C=CC(C)=O)c12. The van der Waals surface area contributed by atoms with E-state index in [1.165, 1.54) is 19.3 Å². The molecule has 1 N–H and O–H groups in total. The molecule has 100 valence electrons. The summed E-state index contributed by atoms with van der Waals surface area (Å²) in [4.78, 5) is 22.4. The maximum atomic E-state index is 11.0. The van der Waals surface area contributed by atoms with Gasteiger partial charge in [-0.1, -0.05) is 6.92 Å². The van der Waals surface area contributed by atoms with Crippen LogP contribution in [0.5, 0.6) is 5.88 Å². The maximum absolute atomic E-state index is 11.0. The number of nitrogens with zero attached hydrogens (tertiary/aromatic N) is 2. The van der Waals surface area contributed by atoms with Gasteiger partial charge in [-0.05, 0) is 32.4 Å². The van der Waals surface area contributed by atoms with Crippen molar-refractivity contribution in [3.63, 3.8) is 0 Å². The lowest BCUT2D eigenvalue weighted by Crippen LogP contribution is -2.11. The fraction of sp³-hybridized carbons (Fsp3) is 0.357. The zero-order chi connectivity index (χ0) is 13.8. The highest BCUT2D eigenvalue weighted by molar-refractivity contribution is 5.96. The Bertz CT molecular complexity index is 616. The summed E-state index contributed by atoms with van der Waals surface area (Å²) >= 11 is 0. The molecule has 5 heteroatoms. The minimum Gasteiger partial charge on any atom is -0.474 e. The van der Waals surface area contributed by atoms with E-state index in [-0.39, 0.29) is 11.9 Å². The standard InChI is InChI=1S/C14H17N3O2/c1-4-10(3)19-14-12-11(6-5-9(2)18)7-15-13(12)16-8-17-14/h5-8,10H,4H2,1-3H3,(H,15,16,17). The Kier molecular flexibility index (Phi) is 3.94. The summed E-state index contributed by atoms with van der Waals surface area (Å²) in [5.41, 5.74) is 1.56. The molecule has 0 aliphatic heterocycles. The van der Waals surface area contributed by atoms with Gasteiger partial charge in [0.15, 0.2) is 5.78 Å². The van der Waals surface area contributed by atoms with E-state index < -0.39 is 0 Å². The van der Waals surface area contributed by atoms with Gasteiger partial charge in [-0.25, -0.2) is 9.97 Å². The summed E-state index contributed by atoms with van der Waals surface area (Å²) in [7, 11) is 0. The van der Waals surface area contributed by atoms with Crippen LogP contribution in [0.2, 0.25) is 0 Å². The van der Waals surface area contributed by atoms with Crippen LogP contribution in [0, 0.1) is 0 Å². The lowest BCUT2D eigenvalue weighted by atomic mass is 10.2. The van der Waals surface area contributed by atoms with E-state index in [9.17, 15) is 4.79 Å². The zero-order valence-corrected chi connectivity index (χ0v) is 11.3. The van der Waals surface area contributed by atoms with Crippen molar-refractivity contribution in [1.29, 1.82) is 0 Å². The highest BCUT2D eigenvalue weighted by Gasteiger charge is 2.12. The van der Waals surface area contributed by atoms with Gasteiger partial charge in [0.1, 0.15) is 12.0 Å². The fourth-order valence-corrected chi connectivity index (χ4v) is 1.66. The Labute approximate surface area is 111 Å². The number of aromatic amines is 1. The Morgan fingerprint density at radius 1 is 1.53 bits per heavy atom. The molecule has 5 nitrogen and oxygen atoms in total. The van der Waals surface area contributed by atoms with Gasteiger partial charge in [0.05, 0.1) is 11.5 Å². The molecule has 0 bridgehead atoms. The highest BCUT2D eigenvalue weighted by atomic mass is 16.5. The third-order valence-corrected chi connectivity index (χ3v) is 2.85. The summed E-state index contributed by atoms with van der Waals surface area (Å²) in [5.74, 6) is 0.541. The van der Waals surface area contributed by atoms with Crippen LogP contribution >= 0.6 is 0 Å². The Balaban J connectivity index is 2.46. The molecule has 0 spiro atoms. The third-order valence-electron chi connectivity index (χ3n) is 2.85. The molecule has 0 fully saturated rings. The third kappa shape index (κ3) is 2.99. The van der Waals surface area contributed by atoms with Gasteiger partial charge in [-0.2, -0.15) is 0 Å². The van der Waals surface area contributed by atoms with Crippen molar-refractivity contribution < 1.29 is 9.53 Å². The molecule has 0 radical (unpaired) electrons. The number of carbonyl (C=O) groups excluding carboxylic acids is 1. The van der Waals surface area contributed by atoms with Crippen molar-refractivity contribution in [1.82, 2.24) is 15.0 Å². The van der Waals surface area contributed by atoms with E-state index in [1.54, 1.807) is 12.3 Å². The van der Waals surface area contributed by atoms with Crippen LogP contribution in [0.25, 0.3) is 17.1 Å². The topological polar surface area (TPSA) is 67.9 Å². The number of nitrogens with one attached hydrogen (secondary N) is 1. The first-order chi connectivity index (χ1) is 9.11. The number of H-pyrrole nitrogens is 1. The van der Waals surface area contributed by atoms with E-state index >= 15 is 0 Å². The summed E-state index contributed by atoms with van der Waals surface area (Å²) in [6.07, 6.45) is 7.50. The maximum Gasteiger partial charge on any atom is 0.226 e. The average molecular weight is 259 g/mol. The molecule has 0 saturated heterocycles. The number of ether oxygens (including phenoxy) is 1. The number of aromatic nitrogens is 3. The monoisotopic (exact) mass is 259 g/mol. The number of fused-ring (bicyclic) bond motifs is 1. The predicted octanol–water partition coefficient (Wildman–Crippen LogP) is 2.74. The first-order valence-corrected chi connectivity index (χ1v) is 6.29. The number of allylic oxidation sites excluding steroid dienone is 1. The first kappa shape index (κ1) is 13.3. The Hall–Kier alpha value is -2.17. The van der Waals surface area contributed by atoms with Gasteiger partial charge < -0.3 is 9.72 Å². The van der Waals surface area contributed by atoms with Crippen LogP contribution in [0.3, 0.4) is 0 Å². The van der Waals surface area contributed by atoms with Crippen LogP contribution in [-0.4, -0.2) is 26.8 Å². The molecular weight excluding hydrogens is 242 g/mol. The predicted molar refractivity (Wildman–Crippen MR) is 74.0 cm³/mol. The van der Waals surface area contributed by atoms with Crippen molar-refractivity contribution in [3.8, 4) is 5.88 Å². The van der Waals surface area contributed by atoms with Gasteiger partial charge in [-0.3, -0.25) is 4.79 Å². The van der Waals surface area contributed by atoms with Crippen molar-refractivity contribution in [2.75, 3.05) is 0 Å². The number of hydrogen-bond donors (Lipinski definition) is 1. The second-order valence-corrected chi connectivity index (χ2v) is 4.43. The van der Waals surface area contributed by atoms with Gasteiger partial charge in [0.2, 0.25) is 5.88 Å². The van der Waals surface area contributed by atoms with E-state index in [0.717, 1.165) is 17.4 Å². The molecule has 2 rings (SSSR count). The molecule has 0 aliphatic carbocycles. The number of hydrogen-bond acceptors (Lipinski definition) is 4. The van der Waals surface area contributed by atoms with Crippen molar-refractivity contribution in [2.45, 2.75) is 33.3 Å². The number of carbonyl (C=O) groups is 1. The largest absolute Gasteiger partial charge is 0.474 e. The van der Waals surface area contributed by atoms with Crippen molar-refractivity contribution >= 4 is 22.9 Å². The molecule has 2 heterocycles. The molecule has 2 aromatic rings. The summed E-state index contributed by atoms with van der Waals surface area (Å²) in [6.45, 7) is 5.56. The molecule has 1 unspecified atom stereocenters.